The second-order valence-electron chi connectivity index (χ2n) is 5.70. The van der Waals surface area contributed by atoms with E-state index >= 15 is 0 Å². The molecule has 116 valence electrons. The molecule has 0 spiro atoms. The highest BCUT2D eigenvalue weighted by atomic mass is 16.3. The Morgan fingerprint density at radius 2 is 1.22 bits per heavy atom. The molecule has 2 nitrogen and oxygen atoms in total. The van der Waals surface area contributed by atoms with E-state index in [0.717, 1.165) is 22.4 Å². The summed E-state index contributed by atoms with van der Waals surface area (Å²) in [5.41, 5.74) is 4.17. The van der Waals surface area contributed by atoms with Gasteiger partial charge in [-0.15, -0.1) is 0 Å². The Bertz CT molecular complexity index is 740. The van der Waals surface area contributed by atoms with E-state index in [1.54, 1.807) is 0 Å². The number of aliphatic hydroxyl groups is 1. The molecule has 3 aromatic carbocycles. The number of aryl methyl sites for hydroxylation is 1. The summed E-state index contributed by atoms with van der Waals surface area (Å²) in [4.78, 5) is 0. The van der Waals surface area contributed by atoms with Gasteiger partial charge in [0.05, 0.1) is 6.04 Å². The van der Waals surface area contributed by atoms with Gasteiger partial charge in [0.2, 0.25) is 0 Å². The SMILES string of the molecule is Cc1ccccc1N[C@@H](c1ccccc1)[C@@H](O)c1ccccc1. The van der Waals surface area contributed by atoms with E-state index in [1.807, 2.05) is 78.9 Å². The first kappa shape index (κ1) is 15.3. The molecule has 0 saturated heterocycles. The number of anilines is 1. The molecule has 0 bridgehead atoms. The lowest BCUT2D eigenvalue weighted by molar-refractivity contribution is 0.155. The van der Waals surface area contributed by atoms with Crippen molar-refractivity contribution in [2.45, 2.75) is 19.1 Å². The quantitative estimate of drug-likeness (QED) is 0.704. The van der Waals surface area contributed by atoms with Crippen LogP contribution >= 0.6 is 0 Å². The van der Waals surface area contributed by atoms with Gasteiger partial charge in [-0.3, -0.25) is 0 Å². The number of benzene rings is 3. The smallest absolute Gasteiger partial charge is 0.103 e. The van der Waals surface area contributed by atoms with Crippen LogP contribution in [-0.2, 0) is 0 Å². The number of hydrogen-bond acceptors (Lipinski definition) is 2. The van der Waals surface area contributed by atoms with E-state index in [0.29, 0.717) is 0 Å². The van der Waals surface area contributed by atoms with Crippen LogP contribution in [0.15, 0.2) is 84.9 Å². The molecule has 0 unspecified atom stereocenters. The van der Waals surface area contributed by atoms with Crippen LogP contribution in [0.5, 0.6) is 0 Å². The largest absolute Gasteiger partial charge is 0.386 e. The Morgan fingerprint density at radius 1 is 0.696 bits per heavy atom. The maximum absolute atomic E-state index is 10.9. The minimum Gasteiger partial charge on any atom is -0.386 e. The van der Waals surface area contributed by atoms with Gasteiger partial charge >= 0.3 is 0 Å². The van der Waals surface area contributed by atoms with Gasteiger partial charge in [-0.05, 0) is 29.7 Å². The molecule has 0 aliphatic carbocycles. The van der Waals surface area contributed by atoms with Gasteiger partial charge < -0.3 is 10.4 Å². The van der Waals surface area contributed by atoms with Crippen molar-refractivity contribution in [1.29, 1.82) is 0 Å². The summed E-state index contributed by atoms with van der Waals surface area (Å²) < 4.78 is 0. The number of hydrogen-bond donors (Lipinski definition) is 2. The fourth-order valence-electron chi connectivity index (χ4n) is 2.75. The second kappa shape index (κ2) is 7.12. The molecular formula is C21H21NO. The third-order valence-electron chi connectivity index (χ3n) is 4.07. The topological polar surface area (TPSA) is 32.3 Å². The van der Waals surface area contributed by atoms with Gasteiger partial charge in [-0.1, -0.05) is 78.9 Å². The molecule has 2 atom stereocenters. The lowest BCUT2D eigenvalue weighted by Gasteiger charge is -2.27. The maximum atomic E-state index is 10.9. The molecule has 0 heterocycles. The number of aliphatic hydroxyl groups excluding tert-OH is 1. The summed E-state index contributed by atoms with van der Waals surface area (Å²) in [5, 5.41) is 14.4. The first-order valence-electron chi connectivity index (χ1n) is 7.86. The normalized spacial score (nSPS) is 13.3. The van der Waals surface area contributed by atoms with Crippen molar-refractivity contribution in [2.75, 3.05) is 5.32 Å². The molecule has 0 amide bonds. The lowest BCUT2D eigenvalue weighted by atomic mass is 9.95. The summed E-state index contributed by atoms with van der Waals surface area (Å²) in [7, 11) is 0. The van der Waals surface area contributed by atoms with Crippen LogP contribution in [0.2, 0.25) is 0 Å². The predicted octanol–water partition coefficient (Wildman–Crippen LogP) is 4.88. The number of rotatable bonds is 5. The van der Waals surface area contributed by atoms with Crippen LogP contribution in [0.3, 0.4) is 0 Å². The Hall–Kier alpha value is -2.58. The molecule has 0 aliphatic heterocycles. The van der Waals surface area contributed by atoms with Crippen LogP contribution in [0.1, 0.15) is 28.8 Å². The van der Waals surface area contributed by atoms with Crippen molar-refractivity contribution in [2.24, 2.45) is 0 Å². The summed E-state index contributed by atoms with van der Waals surface area (Å²) >= 11 is 0. The van der Waals surface area contributed by atoms with Crippen LogP contribution < -0.4 is 5.32 Å². The summed E-state index contributed by atoms with van der Waals surface area (Å²) in [6, 6.07) is 27.8. The highest BCUT2D eigenvalue weighted by Gasteiger charge is 2.22. The number of nitrogens with one attached hydrogen (secondary N) is 1. The van der Waals surface area contributed by atoms with E-state index in [4.69, 9.17) is 0 Å². The average molecular weight is 303 g/mol. The fourth-order valence-corrected chi connectivity index (χ4v) is 2.75. The Kier molecular flexibility index (Phi) is 4.74. The molecule has 0 saturated carbocycles. The zero-order chi connectivity index (χ0) is 16.1. The molecule has 3 rings (SSSR count). The molecule has 0 radical (unpaired) electrons. The highest BCUT2D eigenvalue weighted by molar-refractivity contribution is 5.52. The Labute approximate surface area is 137 Å². The Morgan fingerprint density at radius 3 is 1.83 bits per heavy atom. The van der Waals surface area contributed by atoms with Crippen molar-refractivity contribution in [3.63, 3.8) is 0 Å². The molecule has 2 N–H and O–H groups in total. The van der Waals surface area contributed by atoms with Gasteiger partial charge in [-0.2, -0.15) is 0 Å². The summed E-state index contributed by atoms with van der Waals surface area (Å²) in [6.07, 6.45) is -0.627. The zero-order valence-corrected chi connectivity index (χ0v) is 13.2. The highest BCUT2D eigenvalue weighted by Crippen LogP contribution is 2.32. The van der Waals surface area contributed by atoms with Crippen molar-refractivity contribution in [3.8, 4) is 0 Å². The van der Waals surface area contributed by atoms with Crippen LogP contribution in [0.4, 0.5) is 5.69 Å². The minimum atomic E-state index is -0.627. The van der Waals surface area contributed by atoms with Gasteiger partial charge in [0, 0.05) is 5.69 Å². The van der Waals surface area contributed by atoms with Crippen LogP contribution in [0, 0.1) is 6.92 Å². The third kappa shape index (κ3) is 3.61. The van der Waals surface area contributed by atoms with Crippen LogP contribution in [-0.4, -0.2) is 5.11 Å². The van der Waals surface area contributed by atoms with Crippen molar-refractivity contribution in [1.82, 2.24) is 0 Å². The second-order valence-corrected chi connectivity index (χ2v) is 5.70. The summed E-state index contributed by atoms with van der Waals surface area (Å²) in [6.45, 7) is 2.07. The number of para-hydroxylation sites is 1. The molecule has 0 fully saturated rings. The maximum Gasteiger partial charge on any atom is 0.103 e. The molecule has 0 aromatic heterocycles. The molecular weight excluding hydrogens is 282 g/mol. The van der Waals surface area contributed by atoms with Crippen molar-refractivity contribution < 1.29 is 5.11 Å². The van der Waals surface area contributed by atoms with Crippen LogP contribution in [0.25, 0.3) is 0 Å². The van der Waals surface area contributed by atoms with Gasteiger partial charge in [0.15, 0.2) is 0 Å². The minimum absolute atomic E-state index is 0.209. The monoisotopic (exact) mass is 303 g/mol. The molecule has 23 heavy (non-hydrogen) atoms. The lowest BCUT2D eigenvalue weighted by Crippen LogP contribution is -2.20. The molecule has 0 aliphatic rings. The van der Waals surface area contributed by atoms with Crippen molar-refractivity contribution in [3.05, 3.63) is 102 Å². The van der Waals surface area contributed by atoms with E-state index in [2.05, 4.69) is 18.3 Å². The first-order valence-corrected chi connectivity index (χ1v) is 7.86. The van der Waals surface area contributed by atoms with E-state index in [-0.39, 0.29) is 6.04 Å². The predicted molar refractivity (Wildman–Crippen MR) is 95.4 cm³/mol. The van der Waals surface area contributed by atoms with Gasteiger partial charge in [0.25, 0.3) is 0 Å². The van der Waals surface area contributed by atoms with Gasteiger partial charge in [-0.25, -0.2) is 0 Å². The van der Waals surface area contributed by atoms with Crippen molar-refractivity contribution >= 4 is 5.69 Å². The fraction of sp³-hybridized carbons (Fsp3) is 0.143. The molecule has 3 aromatic rings. The Balaban J connectivity index is 1.96. The first-order chi connectivity index (χ1) is 11.3. The van der Waals surface area contributed by atoms with E-state index < -0.39 is 6.10 Å². The standard InChI is InChI=1S/C21H21NO/c1-16-10-8-9-15-19(16)22-20(17-11-4-2-5-12-17)21(23)18-13-6-3-7-14-18/h2-15,20-23H,1H3/t20-,21-/m0/s1. The summed E-state index contributed by atoms with van der Waals surface area (Å²) in [5.74, 6) is 0. The average Bonchev–Trinajstić information content (AvgIpc) is 2.62. The van der Waals surface area contributed by atoms with Gasteiger partial charge in [0.1, 0.15) is 6.10 Å². The zero-order valence-electron chi connectivity index (χ0n) is 13.2. The third-order valence-corrected chi connectivity index (χ3v) is 4.07. The molecule has 2 heteroatoms. The van der Waals surface area contributed by atoms with E-state index in [1.165, 1.54) is 0 Å². The van der Waals surface area contributed by atoms with E-state index in [9.17, 15) is 5.11 Å².